The van der Waals surface area contributed by atoms with Crippen LogP contribution in [0.25, 0.3) is 0 Å². The van der Waals surface area contributed by atoms with Gasteiger partial charge >= 0.3 is 0 Å². The van der Waals surface area contributed by atoms with Gasteiger partial charge in [-0.3, -0.25) is 4.90 Å². The lowest BCUT2D eigenvalue weighted by atomic mass is 10.1. The van der Waals surface area contributed by atoms with E-state index in [0.717, 1.165) is 31.6 Å². The maximum absolute atomic E-state index is 8.64. The van der Waals surface area contributed by atoms with E-state index in [1.807, 2.05) is 6.92 Å². The molecule has 66 valence electrons. The van der Waals surface area contributed by atoms with Gasteiger partial charge in [0.2, 0.25) is 0 Å². The molecule has 1 fully saturated rings. The first-order valence-corrected chi connectivity index (χ1v) is 4.11. The number of rotatable bonds is 1. The van der Waals surface area contributed by atoms with E-state index in [-0.39, 0.29) is 6.04 Å². The molecule has 0 spiro atoms. The molecule has 1 atom stereocenters. The Morgan fingerprint density at radius 3 is 2.58 bits per heavy atom. The van der Waals surface area contributed by atoms with Crippen LogP contribution < -0.4 is 0 Å². The van der Waals surface area contributed by atoms with Gasteiger partial charge in [0.05, 0.1) is 17.8 Å². The molecule has 0 bridgehead atoms. The predicted octanol–water partition coefficient (Wildman–Crippen LogP) is 0.824. The van der Waals surface area contributed by atoms with Crippen LogP contribution >= 0.6 is 0 Å². The van der Waals surface area contributed by atoms with Crippen molar-refractivity contribution >= 4 is 5.71 Å². The summed E-state index contributed by atoms with van der Waals surface area (Å²) in [6, 6.07) is 2.17. The monoisotopic (exact) mass is 167 g/mol. The van der Waals surface area contributed by atoms with Crippen LogP contribution in [0.3, 0.4) is 0 Å². The van der Waals surface area contributed by atoms with Crippen LogP contribution in [-0.2, 0) is 0 Å². The van der Waals surface area contributed by atoms with E-state index in [1.165, 1.54) is 0 Å². The van der Waals surface area contributed by atoms with Gasteiger partial charge in [-0.1, -0.05) is 5.16 Å². The number of hydrogen-bond donors (Lipinski definition) is 1. The maximum Gasteiger partial charge on any atom is 0.0949 e. The van der Waals surface area contributed by atoms with E-state index >= 15 is 0 Å². The third kappa shape index (κ3) is 1.95. The number of nitrogens with zero attached hydrogens (tertiary/aromatic N) is 3. The molecule has 0 aliphatic carbocycles. The lowest BCUT2D eigenvalue weighted by molar-refractivity contribution is 0.239. The van der Waals surface area contributed by atoms with Gasteiger partial charge in [0.1, 0.15) is 0 Å². The highest BCUT2D eigenvalue weighted by Gasteiger charge is 2.19. The van der Waals surface area contributed by atoms with Crippen molar-refractivity contribution in [3.8, 4) is 6.07 Å². The highest BCUT2D eigenvalue weighted by molar-refractivity contribution is 5.84. The van der Waals surface area contributed by atoms with E-state index in [4.69, 9.17) is 10.5 Å². The molecule has 0 aromatic carbocycles. The molecular weight excluding hydrogens is 154 g/mol. The summed E-state index contributed by atoms with van der Waals surface area (Å²) in [5.41, 5.74) is 0.844. The van der Waals surface area contributed by atoms with Crippen LogP contribution in [0.15, 0.2) is 5.16 Å². The first-order valence-electron chi connectivity index (χ1n) is 4.11. The van der Waals surface area contributed by atoms with E-state index < -0.39 is 0 Å². The van der Waals surface area contributed by atoms with E-state index in [2.05, 4.69) is 16.1 Å². The Kier molecular flexibility index (Phi) is 3.06. The molecule has 1 saturated heterocycles. The molecule has 0 aromatic rings. The van der Waals surface area contributed by atoms with Crippen molar-refractivity contribution in [2.75, 3.05) is 13.1 Å². The third-order valence-electron chi connectivity index (χ3n) is 2.25. The Balaban J connectivity index is 2.42. The second-order valence-corrected chi connectivity index (χ2v) is 3.01. The summed E-state index contributed by atoms with van der Waals surface area (Å²) in [4.78, 5) is 2.09. The quantitative estimate of drug-likeness (QED) is 0.464. The summed E-state index contributed by atoms with van der Waals surface area (Å²) >= 11 is 0. The molecule has 12 heavy (non-hydrogen) atoms. The predicted molar refractivity (Wildman–Crippen MR) is 45.1 cm³/mol. The summed E-state index contributed by atoms with van der Waals surface area (Å²) in [5, 5.41) is 20.3. The fraction of sp³-hybridized carbons (Fsp3) is 0.750. The summed E-state index contributed by atoms with van der Waals surface area (Å²) in [5.74, 6) is 0. The summed E-state index contributed by atoms with van der Waals surface area (Å²) in [7, 11) is 0. The van der Waals surface area contributed by atoms with Crippen molar-refractivity contribution in [3.63, 3.8) is 0 Å². The molecule has 0 radical (unpaired) electrons. The first kappa shape index (κ1) is 9.01. The SMILES string of the molecule is CC(C#N)N1CCC(=NO)CC1. The molecule has 1 N–H and O–H groups in total. The number of nitriles is 1. The number of likely N-dealkylation sites (tertiary alicyclic amines) is 1. The van der Waals surface area contributed by atoms with Gasteiger partial charge in [-0.25, -0.2) is 0 Å². The maximum atomic E-state index is 8.64. The summed E-state index contributed by atoms with van der Waals surface area (Å²) in [6.07, 6.45) is 1.56. The van der Waals surface area contributed by atoms with Crippen molar-refractivity contribution in [1.29, 1.82) is 5.26 Å². The minimum absolute atomic E-state index is 0.0229. The lowest BCUT2D eigenvalue weighted by Gasteiger charge is -2.28. The van der Waals surface area contributed by atoms with Crippen LogP contribution in [0.5, 0.6) is 0 Å². The standard InChI is InChI=1S/C8H13N3O/c1-7(6-9)11-4-2-8(10-12)3-5-11/h7,12H,2-5H2,1H3. The molecule has 1 rings (SSSR count). The molecule has 4 heteroatoms. The second kappa shape index (κ2) is 4.07. The van der Waals surface area contributed by atoms with Crippen LogP contribution in [0.1, 0.15) is 19.8 Å². The minimum Gasteiger partial charge on any atom is -0.411 e. The zero-order valence-corrected chi connectivity index (χ0v) is 7.19. The van der Waals surface area contributed by atoms with Crippen molar-refractivity contribution < 1.29 is 5.21 Å². The van der Waals surface area contributed by atoms with Gasteiger partial charge in [0.15, 0.2) is 0 Å². The Bertz CT molecular complexity index is 209. The van der Waals surface area contributed by atoms with Gasteiger partial charge < -0.3 is 5.21 Å². The third-order valence-corrected chi connectivity index (χ3v) is 2.25. The fourth-order valence-electron chi connectivity index (χ4n) is 1.35. The zero-order valence-electron chi connectivity index (χ0n) is 7.19. The van der Waals surface area contributed by atoms with Crippen molar-refractivity contribution in [2.45, 2.75) is 25.8 Å². The largest absolute Gasteiger partial charge is 0.411 e. The molecule has 1 unspecified atom stereocenters. The molecular formula is C8H13N3O. The van der Waals surface area contributed by atoms with E-state index in [1.54, 1.807) is 0 Å². The van der Waals surface area contributed by atoms with Crippen LogP contribution in [0.4, 0.5) is 0 Å². The van der Waals surface area contributed by atoms with Gasteiger partial charge in [-0.05, 0) is 6.92 Å². The van der Waals surface area contributed by atoms with Crippen molar-refractivity contribution in [3.05, 3.63) is 0 Å². The summed E-state index contributed by atoms with van der Waals surface area (Å²) < 4.78 is 0. The Morgan fingerprint density at radius 2 is 2.17 bits per heavy atom. The van der Waals surface area contributed by atoms with E-state index in [9.17, 15) is 0 Å². The molecule has 0 amide bonds. The summed E-state index contributed by atoms with van der Waals surface area (Å²) in [6.45, 7) is 3.54. The average molecular weight is 167 g/mol. The van der Waals surface area contributed by atoms with Crippen LogP contribution in [-0.4, -0.2) is 35.0 Å². The molecule has 4 nitrogen and oxygen atoms in total. The normalized spacial score (nSPS) is 21.5. The smallest absolute Gasteiger partial charge is 0.0949 e. The molecule has 0 aromatic heterocycles. The van der Waals surface area contributed by atoms with Gasteiger partial charge in [0, 0.05) is 25.9 Å². The minimum atomic E-state index is -0.0229. The second-order valence-electron chi connectivity index (χ2n) is 3.01. The molecule has 0 saturated carbocycles. The van der Waals surface area contributed by atoms with Crippen molar-refractivity contribution in [2.24, 2.45) is 5.16 Å². The van der Waals surface area contributed by atoms with Gasteiger partial charge in [-0.2, -0.15) is 5.26 Å². The highest BCUT2D eigenvalue weighted by Crippen LogP contribution is 2.09. The van der Waals surface area contributed by atoms with Gasteiger partial charge in [-0.15, -0.1) is 0 Å². The Morgan fingerprint density at radius 1 is 1.58 bits per heavy atom. The van der Waals surface area contributed by atoms with Gasteiger partial charge in [0.25, 0.3) is 0 Å². The Labute approximate surface area is 72.1 Å². The lowest BCUT2D eigenvalue weighted by Crippen LogP contribution is -2.39. The van der Waals surface area contributed by atoms with E-state index in [0.29, 0.717) is 0 Å². The Hall–Kier alpha value is -1.08. The zero-order chi connectivity index (χ0) is 8.97. The fourth-order valence-corrected chi connectivity index (χ4v) is 1.35. The number of hydrogen-bond acceptors (Lipinski definition) is 4. The van der Waals surface area contributed by atoms with Crippen molar-refractivity contribution in [1.82, 2.24) is 4.90 Å². The molecule has 1 aliphatic rings. The molecule has 1 heterocycles. The van der Waals surface area contributed by atoms with Crippen LogP contribution in [0, 0.1) is 11.3 Å². The van der Waals surface area contributed by atoms with Crippen LogP contribution in [0.2, 0.25) is 0 Å². The average Bonchev–Trinajstić information content (AvgIpc) is 2.17. The molecule has 1 aliphatic heterocycles. The topological polar surface area (TPSA) is 59.6 Å². The first-order chi connectivity index (χ1) is 5.77. The number of piperidine rings is 1. The highest BCUT2D eigenvalue weighted by atomic mass is 16.4. The number of oxime groups is 1.